The number of amides is 1. The van der Waals surface area contributed by atoms with Crippen LogP contribution in [0.4, 0.5) is 5.69 Å². The van der Waals surface area contributed by atoms with E-state index in [0.717, 1.165) is 21.2 Å². The molecule has 1 N–H and O–H groups in total. The predicted octanol–water partition coefficient (Wildman–Crippen LogP) is 5.89. The van der Waals surface area contributed by atoms with Crippen molar-refractivity contribution in [1.29, 1.82) is 0 Å². The molecule has 0 atom stereocenters. The molecule has 1 amide bonds. The maximum Gasteiger partial charge on any atom is 0.262 e. The van der Waals surface area contributed by atoms with Crippen LogP contribution in [0.5, 0.6) is 5.75 Å². The second-order valence-electron chi connectivity index (χ2n) is 6.87. The lowest BCUT2D eigenvalue weighted by molar-refractivity contribution is -0.118. The molecule has 0 bridgehead atoms. The summed E-state index contributed by atoms with van der Waals surface area (Å²) < 4.78 is 12.3. The number of hydrogen-bond acceptors (Lipinski definition) is 4. The van der Waals surface area contributed by atoms with Crippen molar-refractivity contribution in [2.24, 2.45) is 0 Å². The van der Waals surface area contributed by atoms with Crippen molar-refractivity contribution in [3.05, 3.63) is 76.3 Å². The summed E-state index contributed by atoms with van der Waals surface area (Å²) in [4.78, 5) is 16.8. The summed E-state index contributed by atoms with van der Waals surface area (Å²) in [6.07, 6.45) is 0. The van der Waals surface area contributed by atoms with Gasteiger partial charge in [0.2, 0.25) is 5.89 Å². The maximum absolute atomic E-state index is 12.2. The molecule has 0 spiro atoms. The van der Waals surface area contributed by atoms with E-state index in [2.05, 4.69) is 32.3 Å². The minimum absolute atomic E-state index is 0.0771. The largest absolute Gasteiger partial charge is 0.484 e. The molecule has 5 nitrogen and oxygen atoms in total. The molecular weight excluding hydrogens is 432 g/mol. The molecule has 0 aliphatic heterocycles. The van der Waals surface area contributed by atoms with Crippen LogP contribution < -0.4 is 10.1 Å². The normalized spacial score (nSPS) is 10.9. The van der Waals surface area contributed by atoms with E-state index < -0.39 is 0 Å². The molecule has 1 heterocycles. The second kappa shape index (κ2) is 8.09. The number of hydrogen-bond donors (Lipinski definition) is 1. The molecule has 0 saturated heterocycles. The Bertz CT molecular complexity index is 1160. The first kappa shape index (κ1) is 19.2. The first-order valence-corrected chi connectivity index (χ1v) is 9.93. The van der Waals surface area contributed by atoms with Crippen molar-refractivity contribution >= 4 is 38.6 Å². The number of oxazole rings is 1. The Kier molecular flexibility index (Phi) is 5.36. The molecule has 6 heteroatoms. The molecule has 0 radical (unpaired) electrons. The van der Waals surface area contributed by atoms with Gasteiger partial charge < -0.3 is 14.5 Å². The number of carbonyl (C=O) groups excluding carboxylic acids is 1. The molecule has 3 aromatic carbocycles. The van der Waals surface area contributed by atoms with Gasteiger partial charge in [-0.05, 0) is 68.4 Å². The fourth-order valence-electron chi connectivity index (χ4n) is 3.10. The van der Waals surface area contributed by atoms with Gasteiger partial charge in [0.15, 0.2) is 12.2 Å². The highest BCUT2D eigenvalue weighted by molar-refractivity contribution is 9.10. The number of anilines is 1. The van der Waals surface area contributed by atoms with Gasteiger partial charge in [-0.15, -0.1) is 0 Å². The lowest BCUT2D eigenvalue weighted by Crippen LogP contribution is -2.20. The average molecular weight is 451 g/mol. The van der Waals surface area contributed by atoms with Gasteiger partial charge in [0.1, 0.15) is 11.3 Å². The number of carbonyl (C=O) groups is 1. The number of ether oxygens (including phenoxy) is 1. The molecule has 4 rings (SSSR count). The Labute approximate surface area is 176 Å². The zero-order valence-electron chi connectivity index (χ0n) is 16.0. The topological polar surface area (TPSA) is 64.4 Å². The van der Waals surface area contributed by atoms with Gasteiger partial charge in [0.25, 0.3) is 5.91 Å². The standard InChI is InChI=1S/C23H19BrN2O3/c1-14-9-15(2)11-16(10-14)23-26-20-12-18(5-8-21(20)29-23)25-22(27)13-28-19-6-3-17(24)4-7-19/h3-12H,13H2,1-2H3,(H,25,27). The van der Waals surface area contributed by atoms with Crippen LogP contribution in [-0.4, -0.2) is 17.5 Å². The summed E-state index contributed by atoms with van der Waals surface area (Å²) in [5.41, 5.74) is 5.24. The number of benzene rings is 3. The van der Waals surface area contributed by atoms with Gasteiger partial charge in [0.05, 0.1) is 0 Å². The zero-order chi connectivity index (χ0) is 20.4. The van der Waals surface area contributed by atoms with Gasteiger partial charge >= 0.3 is 0 Å². The molecule has 0 fully saturated rings. The van der Waals surface area contributed by atoms with E-state index in [1.165, 1.54) is 0 Å². The highest BCUT2D eigenvalue weighted by Gasteiger charge is 2.11. The summed E-state index contributed by atoms with van der Waals surface area (Å²) in [6.45, 7) is 4.01. The Hall–Kier alpha value is -3.12. The number of nitrogens with zero attached hydrogens (tertiary/aromatic N) is 1. The van der Waals surface area contributed by atoms with Crippen LogP contribution in [0.3, 0.4) is 0 Å². The Morgan fingerprint density at radius 1 is 1.03 bits per heavy atom. The van der Waals surface area contributed by atoms with Crippen molar-refractivity contribution in [3.63, 3.8) is 0 Å². The smallest absolute Gasteiger partial charge is 0.262 e. The molecular formula is C23H19BrN2O3. The van der Waals surface area contributed by atoms with E-state index in [-0.39, 0.29) is 12.5 Å². The van der Waals surface area contributed by atoms with E-state index in [1.54, 1.807) is 30.3 Å². The summed E-state index contributed by atoms with van der Waals surface area (Å²) in [6, 6.07) is 18.9. The summed E-state index contributed by atoms with van der Waals surface area (Å²) in [5.74, 6) is 0.951. The van der Waals surface area contributed by atoms with Gasteiger partial charge in [-0.25, -0.2) is 4.98 Å². The minimum Gasteiger partial charge on any atom is -0.484 e. The Balaban J connectivity index is 1.47. The highest BCUT2D eigenvalue weighted by atomic mass is 79.9. The minimum atomic E-state index is -0.245. The summed E-state index contributed by atoms with van der Waals surface area (Å²) in [5, 5.41) is 2.83. The second-order valence-corrected chi connectivity index (χ2v) is 7.78. The van der Waals surface area contributed by atoms with Crippen molar-refractivity contribution in [1.82, 2.24) is 4.98 Å². The van der Waals surface area contributed by atoms with Gasteiger partial charge in [-0.3, -0.25) is 4.79 Å². The fourth-order valence-corrected chi connectivity index (χ4v) is 3.37. The van der Waals surface area contributed by atoms with Gasteiger partial charge in [-0.2, -0.15) is 0 Å². The van der Waals surface area contributed by atoms with E-state index in [9.17, 15) is 4.79 Å². The molecule has 29 heavy (non-hydrogen) atoms. The predicted molar refractivity (Wildman–Crippen MR) is 117 cm³/mol. The van der Waals surface area contributed by atoms with Crippen LogP contribution in [0.15, 0.2) is 69.6 Å². The third-order valence-corrected chi connectivity index (χ3v) is 4.85. The van der Waals surface area contributed by atoms with E-state index in [4.69, 9.17) is 9.15 Å². The maximum atomic E-state index is 12.2. The number of nitrogens with one attached hydrogen (secondary N) is 1. The molecule has 4 aromatic rings. The van der Waals surface area contributed by atoms with Crippen molar-refractivity contribution in [2.75, 3.05) is 11.9 Å². The molecule has 0 saturated carbocycles. The molecule has 1 aromatic heterocycles. The molecule has 0 aliphatic rings. The number of aromatic nitrogens is 1. The van der Waals surface area contributed by atoms with E-state index >= 15 is 0 Å². The molecule has 146 valence electrons. The van der Waals surface area contributed by atoms with Gasteiger partial charge in [-0.1, -0.05) is 33.1 Å². The first-order valence-electron chi connectivity index (χ1n) is 9.14. The number of fused-ring (bicyclic) bond motifs is 1. The van der Waals surface area contributed by atoms with Crippen LogP contribution in [0.2, 0.25) is 0 Å². The number of halogens is 1. The van der Waals surface area contributed by atoms with Gasteiger partial charge in [0, 0.05) is 15.7 Å². The third-order valence-electron chi connectivity index (χ3n) is 4.32. The quantitative estimate of drug-likeness (QED) is 0.411. The first-order chi connectivity index (χ1) is 14.0. The fraction of sp³-hybridized carbons (Fsp3) is 0.130. The number of rotatable bonds is 5. The molecule has 0 unspecified atom stereocenters. The van der Waals surface area contributed by atoms with Crippen LogP contribution in [-0.2, 0) is 4.79 Å². The SMILES string of the molecule is Cc1cc(C)cc(-c2nc3cc(NC(=O)COc4ccc(Br)cc4)ccc3o2)c1. The monoisotopic (exact) mass is 450 g/mol. The van der Waals surface area contributed by atoms with Crippen molar-refractivity contribution < 1.29 is 13.9 Å². The summed E-state index contributed by atoms with van der Waals surface area (Å²) in [7, 11) is 0. The zero-order valence-corrected chi connectivity index (χ0v) is 17.6. The lowest BCUT2D eigenvalue weighted by atomic mass is 10.1. The third kappa shape index (κ3) is 4.66. The van der Waals surface area contributed by atoms with Crippen LogP contribution in [0, 0.1) is 13.8 Å². The van der Waals surface area contributed by atoms with Crippen molar-refractivity contribution in [2.45, 2.75) is 13.8 Å². The van der Waals surface area contributed by atoms with Crippen LogP contribution >= 0.6 is 15.9 Å². The van der Waals surface area contributed by atoms with Crippen LogP contribution in [0.25, 0.3) is 22.6 Å². The summed E-state index contributed by atoms with van der Waals surface area (Å²) >= 11 is 3.36. The van der Waals surface area contributed by atoms with E-state index in [1.807, 2.05) is 38.1 Å². The van der Waals surface area contributed by atoms with Crippen molar-refractivity contribution in [3.8, 4) is 17.2 Å². The highest BCUT2D eigenvalue weighted by Crippen LogP contribution is 2.27. The molecule has 0 aliphatic carbocycles. The number of aryl methyl sites for hydroxylation is 2. The Morgan fingerprint density at radius 3 is 2.48 bits per heavy atom. The lowest BCUT2D eigenvalue weighted by Gasteiger charge is -2.07. The van der Waals surface area contributed by atoms with Crippen LogP contribution in [0.1, 0.15) is 11.1 Å². The van der Waals surface area contributed by atoms with E-state index in [0.29, 0.717) is 28.4 Å². The average Bonchev–Trinajstić information content (AvgIpc) is 3.10. The Morgan fingerprint density at radius 2 is 1.76 bits per heavy atom.